The maximum absolute atomic E-state index is 6.09. The normalized spacial score (nSPS) is 21.8. The van der Waals surface area contributed by atoms with E-state index >= 15 is 0 Å². The SMILES string of the molecule is Clc1nnc(C2CC2)n1CCC1CCCC1. The molecule has 0 aliphatic heterocycles. The first kappa shape index (κ1) is 10.6. The molecule has 4 heteroatoms. The van der Waals surface area contributed by atoms with E-state index in [2.05, 4.69) is 14.8 Å². The quantitative estimate of drug-likeness (QED) is 0.807. The van der Waals surface area contributed by atoms with Crippen LogP contribution in [0.1, 0.15) is 56.7 Å². The van der Waals surface area contributed by atoms with Gasteiger partial charge in [0.2, 0.25) is 5.28 Å². The molecule has 0 spiro atoms. The van der Waals surface area contributed by atoms with Crippen LogP contribution in [0.3, 0.4) is 0 Å². The second-order valence-electron chi connectivity index (χ2n) is 5.19. The minimum Gasteiger partial charge on any atom is -0.302 e. The Balaban J connectivity index is 1.65. The van der Waals surface area contributed by atoms with Gasteiger partial charge in [-0.1, -0.05) is 25.7 Å². The van der Waals surface area contributed by atoms with E-state index in [1.807, 2.05) is 0 Å². The van der Waals surface area contributed by atoms with E-state index in [9.17, 15) is 0 Å². The van der Waals surface area contributed by atoms with Gasteiger partial charge in [-0.15, -0.1) is 10.2 Å². The summed E-state index contributed by atoms with van der Waals surface area (Å²) in [7, 11) is 0. The molecule has 1 aromatic heterocycles. The smallest absolute Gasteiger partial charge is 0.225 e. The topological polar surface area (TPSA) is 30.7 Å². The highest BCUT2D eigenvalue weighted by Gasteiger charge is 2.30. The molecule has 2 aliphatic carbocycles. The van der Waals surface area contributed by atoms with E-state index in [0.717, 1.165) is 18.3 Å². The largest absolute Gasteiger partial charge is 0.302 e. The standard InChI is InChI=1S/C12H18ClN3/c13-12-15-14-11(10-5-6-10)16(12)8-7-9-3-1-2-4-9/h9-10H,1-8H2. The number of hydrogen-bond donors (Lipinski definition) is 0. The summed E-state index contributed by atoms with van der Waals surface area (Å²) in [6, 6.07) is 0. The first-order chi connectivity index (χ1) is 7.84. The van der Waals surface area contributed by atoms with Crippen molar-refractivity contribution < 1.29 is 0 Å². The van der Waals surface area contributed by atoms with Gasteiger partial charge in [0.15, 0.2) is 0 Å². The molecular formula is C12H18ClN3. The zero-order valence-corrected chi connectivity index (χ0v) is 10.3. The fourth-order valence-electron chi connectivity index (χ4n) is 2.76. The number of hydrogen-bond acceptors (Lipinski definition) is 2. The summed E-state index contributed by atoms with van der Waals surface area (Å²) in [4.78, 5) is 0. The molecule has 0 bridgehead atoms. The molecule has 2 fully saturated rings. The molecule has 2 saturated carbocycles. The molecule has 1 aromatic rings. The van der Waals surface area contributed by atoms with Crippen molar-refractivity contribution in [3.63, 3.8) is 0 Å². The summed E-state index contributed by atoms with van der Waals surface area (Å²) in [6.07, 6.45) is 9.40. The number of halogens is 1. The van der Waals surface area contributed by atoms with Crippen molar-refractivity contribution >= 4 is 11.6 Å². The summed E-state index contributed by atoms with van der Waals surface area (Å²) in [5.41, 5.74) is 0. The van der Waals surface area contributed by atoms with Crippen molar-refractivity contribution in [1.29, 1.82) is 0 Å². The van der Waals surface area contributed by atoms with Gasteiger partial charge >= 0.3 is 0 Å². The fraction of sp³-hybridized carbons (Fsp3) is 0.833. The molecule has 1 heterocycles. The van der Waals surface area contributed by atoms with Crippen LogP contribution in [0.5, 0.6) is 0 Å². The molecule has 0 unspecified atom stereocenters. The lowest BCUT2D eigenvalue weighted by Gasteiger charge is -2.11. The summed E-state index contributed by atoms with van der Waals surface area (Å²) in [5.74, 6) is 2.68. The number of rotatable bonds is 4. The van der Waals surface area contributed by atoms with E-state index in [1.54, 1.807) is 0 Å². The summed E-state index contributed by atoms with van der Waals surface area (Å²) in [5, 5.41) is 8.79. The Morgan fingerprint density at radius 3 is 2.56 bits per heavy atom. The minimum absolute atomic E-state index is 0.583. The molecule has 0 radical (unpaired) electrons. The molecular weight excluding hydrogens is 222 g/mol. The molecule has 0 amide bonds. The lowest BCUT2D eigenvalue weighted by molar-refractivity contribution is 0.452. The Bertz CT molecular complexity index is 364. The van der Waals surface area contributed by atoms with Gasteiger partial charge in [-0.2, -0.15) is 0 Å². The molecule has 3 rings (SSSR count). The second kappa shape index (κ2) is 4.36. The van der Waals surface area contributed by atoms with Gasteiger partial charge in [0.25, 0.3) is 0 Å². The van der Waals surface area contributed by atoms with Crippen LogP contribution in [0.15, 0.2) is 0 Å². The highest BCUT2D eigenvalue weighted by atomic mass is 35.5. The predicted molar refractivity (Wildman–Crippen MR) is 63.6 cm³/mol. The average molecular weight is 240 g/mol. The van der Waals surface area contributed by atoms with Gasteiger partial charge in [0.1, 0.15) is 5.82 Å². The highest BCUT2D eigenvalue weighted by molar-refractivity contribution is 6.28. The third-order valence-corrected chi connectivity index (χ3v) is 4.19. The Hall–Kier alpha value is -0.570. The van der Waals surface area contributed by atoms with Gasteiger partial charge in [-0.05, 0) is 36.8 Å². The average Bonchev–Trinajstić information content (AvgIpc) is 2.87. The maximum Gasteiger partial charge on any atom is 0.225 e. The zero-order chi connectivity index (χ0) is 11.0. The van der Waals surface area contributed by atoms with Crippen LogP contribution in [-0.2, 0) is 6.54 Å². The Labute approximate surface area is 101 Å². The van der Waals surface area contributed by atoms with Crippen molar-refractivity contribution in [1.82, 2.24) is 14.8 Å². The van der Waals surface area contributed by atoms with Gasteiger partial charge < -0.3 is 4.57 Å². The molecule has 0 N–H and O–H groups in total. The van der Waals surface area contributed by atoms with Crippen LogP contribution in [-0.4, -0.2) is 14.8 Å². The van der Waals surface area contributed by atoms with Crippen LogP contribution < -0.4 is 0 Å². The molecule has 16 heavy (non-hydrogen) atoms. The maximum atomic E-state index is 6.09. The van der Waals surface area contributed by atoms with Crippen LogP contribution >= 0.6 is 11.6 Å². The molecule has 88 valence electrons. The molecule has 3 nitrogen and oxygen atoms in total. The van der Waals surface area contributed by atoms with E-state index in [1.165, 1.54) is 44.9 Å². The molecule has 0 aromatic carbocycles. The third-order valence-electron chi connectivity index (χ3n) is 3.91. The van der Waals surface area contributed by atoms with Crippen molar-refractivity contribution in [3.8, 4) is 0 Å². The first-order valence-corrected chi connectivity index (χ1v) is 6.81. The van der Waals surface area contributed by atoms with Gasteiger partial charge in [0, 0.05) is 12.5 Å². The van der Waals surface area contributed by atoms with Crippen molar-refractivity contribution in [2.24, 2.45) is 5.92 Å². The minimum atomic E-state index is 0.583. The Morgan fingerprint density at radius 2 is 1.88 bits per heavy atom. The first-order valence-electron chi connectivity index (χ1n) is 6.43. The van der Waals surface area contributed by atoms with E-state index in [0.29, 0.717) is 11.2 Å². The summed E-state index contributed by atoms with van der Waals surface area (Å²) >= 11 is 6.09. The Morgan fingerprint density at radius 1 is 1.12 bits per heavy atom. The lowest BCUT2D eigenvalue weighted by Crippen LogP contribution is -2.07. The van der Waals surface area contributed by atoms with E-state index in [4.69, 9.17) is 11.6 Å². The molecule has 0 atom stereocenters. The van der Waals surface area contributed by atoms with Crippen molar-refractivity contribution in [3.05, 3.63) is 11.1 Å². The molecule has 0 saturated heterocycles. The van der Waals surface area contributed by atoms with Crippen LogP contribution in [0.2, 0.25) is 5.28 Å². The predicted octanol–water partition coefficient (Wildman–Crippen LogP) is 3.39. The molecule has 2 aliphatic rings. The van der Waals surface area contributed by atoms with Crippen LogP contribution in [0.4, 0.5) is 0 Å². The second-order valence-corrected chi connectivity index (χ2v) is 5.53. The summed E-state index contributed by atoms with van der Waals surface area (Å²) in [6.45, 7) is 1.02. The monoisotopic (exact) mass is 239 g/mol. The van der Waals surface area contributed by atoms with E-state index in [-0.39, 0.29) is 0 Å². The van der Waals surface area contributed by atoms with Gasteiger partial charge in [0.05, 0.1) is 0 Å². The fourth-order valence-corrected chi connectivity index (χ4v) is 2.96. The van der Waals surface area contributed by atoms with Gasteiger partial charge in [-0.3, -0.25) is 0 Å². The van der Waals surface area contributed by atoms with Crippen LogP contribution in [0, 0.1) is 5.92 Å². The zero-order valence-electron chi connectivity index (χ0n) is 9.53. The van der Waals surface area contributed by atoms with Crippen molar-refractivity contribution in [2.75, 3.05) is 0 Å². The van der Waals surface area contributed by atoms with E-state index < -0.39 is 0 Å². The highest BCUT2D eigenvalue weighted by Crippen LogP contribution is 2.40. The lowest BCUT2D eigenvalue weighted by atomic mass is 10.0. The summed E-state index contributed by atoms with van der Waals surface area (Å²) < 4.78 is 2.14. The number of aromatic nitrogens is 3. The van der Waals surface area contributed by atoms with Crippen LogP contribution in [0.25, 0.3) is 0 Å². The van der Waals surface area contributed by atoms with Crippen molar-refractivity contribution in [2.45, 2.75) is 57.4 Å². The number of nitrogens with zero attached hydrogens (tertiary/aromatic N) is 3. The Kier molecular flexibility index (Phi) is 2.88. The third kappa shape index (κ3) is 2.10. The van der Waals surface area contributed by atoms with Gasteiger partial charge in [-0.25, -0.2) is 0 Å².